The molecule has 0 bridgehead atoms. The van der Waals surface area contributed by atoms with Crippen molar-refractivity contribution in [3.8, 4) is 5.75 Å². The van der Waals surface area contributed by atoms with Crippen LogP contribution in [0.3, 0.4) is 0 Å². The average Bonchev–Trinajstić information content (AvgIpc) is 2.74. The lowest BCUT2D eigenvalue weighted by atomic mass is 10.1. The Morgan fingerprint density at radius 2 is 1.76 bits per heavy atom. The maximum Gasteiger partial charge on any atom is 0.413 e. The molecule has 1 aliphatic heterocycles. The van der Waals surface area contributed by atoms with Gasteiger partial charge in [0.1, 0.15) is 11.8 Å². The second-order valence-electron chi connectivity index (χ2n) is 4.74. The number of benzene rings is 2. The third kappa shape index (κ3) is 2.45. The number of para-hydroxylation sites is 2. The van der Waals surface area contributed by atoms with E-state index in [0.717, 1.165) is 11.3 Å². The maximum absolute atomic E-state index is 12.2. The topological polar surface area (TPSA) is 58.6 Å². The summed E-state index contributed by atoms with van der Waals surface area (Å²) in [5, 5.41) is 2.61. The van der Waals surface area contributed by atoms with Crippen molar-refractivity contribution in [2.45, 2.75) is 6.04 Å². The number of anilines is 1. The predicted molar refractivity (Wildman–Crippen MR) is 78.2 cm³/mol. The van der Waals surface area contributed by atoms with Crippen LogP contribution < -0.4 is 15.0 Å². The molecule has 1 N–H and O–H groups in total. The van der Waals surface area contributed by atoms with E-state index in [0.29, 0.717) is 5.75 Å². The number of amides is 2. The second kappa shape index (κ2) is 5.28. The molecular weight excluding hydrogens is 268 g/mol. The van der Waals surface area contributed by atoms with Gasteiger partial charge >= 0.3 is 6.09 Å². The largest absolute Gasteiger partial charge is 0.413 e. The summed E-state index contributed by atoms with van der Waals surface area (Å²) in [5.74, 6) is 0.253. The van der Waals surface area contributed by atoms with E-state index in [2.05, 4.69) is 5.32 Å². The zero-order chi connectivity index (χ0) is 14.8. The van der Waals surface area contributed by atoms with E-state index in [-0.39, 0.29) is 5.91 Å². The third-order valence-corrected chi connectivity index (χ3v) is 3.40. The number of ether oxygens (including phenoxy) is 1. The van der Waals surface area contributed by atoms with Gasteiger partial charge in [-0.15, -0.1) is 0 Å². The van der Waals surface area contributed by atoms with Crippen LogP contribution in [0.4, 0.5) is 10.5 Å². The Morgan fingerprint density at radius 1 is 1.10 bits per heavy atom. The molecule has 2 aromatic rings. The second-order valence-corrected chi connectivity index (χ2v) is 4.74. The molecule has 0 saturated heterocycles. The van der Waals surface area contributed by atoms with E-state index < -0.39 is 12.1 Å². The molecule has 0 radical (unpaired) electrons. The first kappa shape index (κ1) is 13.2. The monoisotopic (exact) mass is 282 g/mol. The average molecular weight is 282 g/mol. The van der Waals surface area contributed by atoms with Crippen LogP contribution in [0.15, 0.2) is 54.6 Å². The van der Waals surface area contributed by atoms with E-state index in [9.17, 15) is 9.59 Å². The van der Waals surface area contributed by atoms with Crippen molar-refractivity contribution in [2.75, 3.05) is 11.9 Å². The van der Waals surface area contributed by atoms with Crippen molar-refractivity contribution >= 4 is 17.7 Å². The molecule has 2 amide bonds. The Hall–Kier alpha value is -2.82. The minimum atomic E-state index is -0.706. The molecule has 2 aromatic carbocycles. The summed E-state index contributed by atoms with van der Waals surface area (Å²) in [4.78, 5) is 25.7. The van der Waals surface area contributed by atoms with Gasteiger partial charge in [-0.2, -0.15) is 0 Å². The summed E-state index contributed by atoms with van der Waals surface area (Å²) in [6.07, 6.45) is -0.648. The standard InChI is InChI=1S/C16H14N2O3/c1-18-13-10-6-5-9-12(13)14(15(18)19)17-16(20)21-11-7-3-2-4-8-11/h2-10,14H,1H3,(H,17,20). The van der Waals surface area contributed by atoms with Gasteiger partial charge in [-0.1, -0.05) is 36.4 Å². The molecule has 106 valence electrons. The van der Waals surface area contributed by atoms with E-state index in [4.69, 9.17) is 4.74 Å². The number of hydrogen-bond donors (Lipinski definition) is 1. The van der Waals surface area contributed by atoms with Crippen molar-refractivity contribution in [2.24, 2.45) is 0 Å². The molecule has 0 aliphatic carbocycles. The van der Waals surface area contributed by atoms with Gasteiger partial charge < -0.3 is 15.0 Å². The van der Waals surface area contributed by atoms with Gasteiger partial charge in [0.2, 0.25) is 0 Å². The fourth-order valence-electron chi connectivity index (χ4n) is 2.36. The van der Waals surface area contributed by atoms with Crippen LogP contribution in [0.2, 0.25) is 0 Å². The Balaban J connectivity index is 1.76. The minimum absolute atomic E-state index is 0.179. The molecule has 0 aromatic heterocycles. The van der Waals surface area contributed by atoms with Crippen molar-refractivity contribution in [3.05, 3.63) is 60.2 Å². The van der Waals surface area contributed by atoms with E-state index in [1.54, 1.807) is 31.3 Å². The van der Waals surface area contributed by atoms with Gasteiger partial charge in [0.15, 0.2) is 0 Å². The highest BCUT2D eigenvalue weighted by Crippen LogP contribution is 2.34. The minimum Gasteiger partial charge on any atom is -0.410 e. The van der Waals surface area contributed by atoms with E-state index in [1.807, 2.05) is 30.3 Å². The third-order valence-electron chi connectivity index (χ3n) is 3.40. The van der Waals surface area contributed by atoms with Crippen LogP contribution in [-0.4, -0.2) is 19.0 Å². The molecule has 0 fully saturated rings. The molecule has 1 heterocycles. The Bertz CT molecular complexity index is 685. The molecule has 0 saturated carbocycles. The Labute approximate surface area is 122 Å². The number of nitrogens with zero attached hydrogens (tertiary/aromatic N) is 1. The number of nitrogens with one attached hydrogen (secondary N) is 1. The van der Waals surface area contributed by atoms with Crippen LogP contribution >= 0.6 is 0 Å². The summed E-state index contributed by atoms with van der Waals surface area (Å²) in [7, 11) is 1.69. The first-order chi connectivity index (χ1) is 10.2. The Kier molecular flexibility index (Phi) is 3.31. The Morgan fingerprint density at radius 3 is 2.52 bits per heavy atom. The number of hydrogen-bond acceptors (Lipinski definition) is 3. The fourth-order valence-corrected chi connectivity index (χ4v) is 2.36. The van der Waals surface area contributed by atoms with Crippen molar-refractivity contribution in [3.63, 3.8) is 0 Å². The van der Waals surface area contributed by atoms with Gasteiger partial charge in [0.05, 0.1) is 0 Å². The molecule has 5 heteroatoms. The van der Waals surface area contributed by atoms with Gasteiger partial charge in [-0.05, 0) is 18.2 Å². The first-order valence-electron chi connectivity index (χ1n) is 6.56. The van der Waals surface area contributed by atoms with Crippen molar-refractivity contribution in [1.29, 1.82) is 0 Å². The lowest BCUT2D eigenvalue weighted by molar-refractivity contribution is -0.119. The zero-order valence-electron chi connectivity index (χ0n) is 11.4. The van der Waals surface area contributed by atoms with Crippen LogP contribution in [0.25, 0.3) is 0 Å². The SMILES string of the molecule is CN1C(=O)C(NC(=O)Oc2ccccc2)c2ccccc21. The summed E-state index contributed by atoms with van der Waals surface area (Å²) in [6.45, 7) is 0. The molecule has 21 heavy (non-hydrogen) atoms. The summed E-state index contributed by atoms with van der Waals surface area (Å²) in [6, 6.07) is 15.4. The van der Waals surface area contributed by atoms with Gasteiger partial charge in [0, 0.05) is 18.3 Å². The predicted octanol–water partition coefficient (Wildman–Crippen LogP) is 2.49. The van der Waals surface area contributed by atoms with Crippen LogP contribution in [-0.2, 0) is 4.79 Å². The van der Waals surface area contributed by atoms with Crippen molar-refractivity contribution in [1.82, 2.24) is 5.32 Å². The molecule has 1 atom stereocenters. The molecule has 0 spiro atoms. The van der Waals surface area contributed by atoms with E-state index in [1.165, 1.54) is 4.90 Å². The highest BCUT2D eigenvalue weighted by atomic mass is 16.6. The summed E-state index contributed by atoms with van der Waals surface area (Å²) in [5.41, 5.74) is 1.57. The quantitative estimate of drug-likeness (QED) is 0.920. The normalized spacial score (nSPS) is 16.5. The number of fused-ring (bicyclic) bond motifs is 1. The van der Waals surface area contributed by atoms with E-state index >= 15 is 0 Å². The van der Waals surface area contributed by atoms with Crippen LogP contribution in [0, 0.1) is 0 Å². The molecule has 3 rings (SSSR count). The van der Waals surface area contributed by atoms with Gasteiger partial charge in [0.25, 0.3) is 5.91 Å². The highest BCUT2D eigenvalue weighted by Gasteiger charge is 2.36. The molecular formula is C16H14N2O3. The number of carbonyl (C=O) groups is 2. The number of rotatable bonds is 2. The molecule has 1 aliphatic rings. The van der Waals surface area contributed by atoms with Gasteiger partial charge in [-0.3, -0.25) is 4.79 Å². The van der Waals surface area contributed by atoms with Crippen LogP contribution in [0.5, 0.6) is 5.75 Å². The van der Waals surface area contributed by atoms with Crippen LogP contribution in [0.1, 0.15) is 11.6 Å². The fraction of sp³-hybridized carbons (Fsp3) is 0.125. The lowest BCUT2D eigenvalue weighted by Gasteiger charge is -2.13. The summed E-state index contributed by atoms with van der Waals surface area (Å²) < 4.78 is 5.15. The number of likely N-dealkylation sites (N-methyl/N-ethyl adjacent to an activating group) is 1. The summed E-state index contributed by atoms with van der Waals surface area (Å²) >= 11 is 0. The van der Waals surface area contributed by atoms with Gasteiger partial charge in [-0.25, -0.2) is 4.79 Å². The molecule has 1 unspecified atom stereocenters. The first-order valence-corrected chi connectivity index (χ1v) is 6.56. The highest BCUT2D eigenvalue weighted by molar-refractivity contribution is 6.05. The lowest BCUT2D eigenvalue weighted by Crippen LogP contribution is -2.37. The smallest absolute Gasteiger partial charge is 0.410 e. The van der Waals surface area contributed by atoms with Crippen molar-refractivity contribution < 1.29 is 14.3 Å². The molecule has 5 nitrogen and oxygen atoms in total. The maximum atomic E-state index is 12.2. The number of carbonyl (C=O) groups excluding carboxylic acids is 2. The zero-order valence-corrected chi connectivity index (χ0v) is 11.4.